The molecule has 0 fully saturated rings. The van der Waals surface area contributed by atoms with Crippen molar-refractivity contribution < 1.29 is 9.47 Å². The Morgan fingerprint density at radius 2 is 1.96 bits per heavy atom. The molecule has 1 N–H and O–H groups in total. The first-order valence-electron chi connectivity index (χ1n) is 8.86. The fourth-order valence-corrected chi connectivity index (χ4v) is 3.70. The molecule has 2 aliphatic heterocycles. The highest BCUT2D eigenvalue weighted by molar-refractivity contribution is 6.32. The molecule has 4 rings (SSSR count). The highest BCUT2D eigenvalue weighted by atomic mass is 35.5. The van der Waals surface area contributed by atoms with E-state index in [0.29, 0.717) is 0 Å². The molecule has 1 unspecified atom stereocenters. The molecule has 4 nitrogen and oxygen atoms in total. The van der Waals surface area contributed by atoms with Gasteiger partial charge in [-0.25, -0.2) is 0 Å². The molecule has 2 aromatic carbocycles. The zero-order valence-electron chi connectivity index (χ0n) is 14.5. The van der Waals surface area contributed by atoms with E-state index in [1.165, 1.54) is 5.56 Å². The SMILES string of the molecule is Clc1cccc(C2=NCCN2)c1CC(Cc1ccccc1)C1=COCO1. The van der Waals surface area contributed by atoms with Gasteiger partial charge < -0.3 is 14.8 Å². The molecule has 2 aromatic rings. The van der Waals surface area contributed by atoms with E-state index in [2.05, 4.69) is 40.6 Å². The maximum atomic E-state index is 6.59. The topological polar surface area (TPSA) is 42.9 Å². The molecule has 1 atom stereocenters. The summed E-state index contributed by atoms with van der Waals surface area (Å²) in [6.07, 6.45) is 3.36. The average molecular weight is 369 g/mol. The Morgan fingerprint density at radius 1 is 1.08 bits per heavy atom. The fourth-order valence-electron chi connectivity index (χ4n) is 3.45. The van der Waals surface area contributed by atoms with Gasteiger partial charge in [-0.05, 0) is 30.0 Å². The van der Waals surface area contributed by atoms with Crippen LogP contribution in [-0.2, 0) is 22.3 Å². The smallest absolute Gasteiger partial charge is 0.229 e. The molecule has 0 saturated carbocycles. The molecule has 0 aromatic heterocycles. The second-order valence-electron chi connectivity index (χ2n) is 6.46. The van der Waals surface area contributed by atoms with E-state index in [9.17, 15) is 0 Å². The minimum Gasteiger partial charge on any atom is -0.462 e. The molecule has 0 amide bonds. The van der Waals surface area contributed by atoms with Gasteiger partial charge in [0, 0.05) is 23.0 Å². The molecular formula is C21H21ClN2O2. The Bertz CT molecular complexity index is 833. The minimum absolute atomic E-state index is 0.153. The van der Waals surface area contributed by atoms with Crippen LogP contribution in [-0.4, -0.2) is 25.7 Å². The first-order valence-corrected chi connectivity index (χ1v) is 9.23. The van der Waals surface area contributed by atoms with Crippen LogP contribution in [0.15, 0.2) is 65.5 Å². The number of hydrogen-bond donors (Lipinski definition) is 1. The van der Waals surface area contributed by atoms with Crippen molar-refractivity contribution in [2.24, 2.45) is 10.9 Å². The molecule has 5 heteroatoms. The Hall–Kier alpha value is -2.46. The van der Waals surface area contributed by atoms with Crippen LogP contribution in [0, 0.1) is 5.92 Å². The summed E-state index contributed by atoms with van der Waals surface area (Å²) in [5.41, 5.74) is 3.44. The summed E-state index contributed by atoms with van der Waals surface area (Å²) in [5, 5.41) is 4.11. The zero-order valence-corrected chi connectivity index (χ0v) is 15.2. The van der Waals surface area contributed by atoms with Crippen molar-refractivity contribution in [3.05, 3.63) is 82.3 Å². The number of aliphatic imine (C=N–C) groups is 1. The molecule has 0 radical (unpaired) electrons. The van der Waals surface area contributed by atoms with E-state index in [4.69, 9.17) is 21.1 Å². The Morgan fingerprint density at radius 3 is 2.69 bits per heavy atom. The predicted octanol–water partition coefficient (Wildman–Crippen LogP) is 3.94. The lowest BCUT2D eigenvalue weighted by atomic mass is 9.89. The molecular weight excluding hydrogens is 348 g/mol. The van der Waals surface area contributed by atoms with Gasteiger partial charge in [0.1, 0.15) is 17.9 Å². The quantitative estimate of drug-likeness (QED) is 0.839. The molecule has 26 heavy (non-hydrogen) atoms. The van der Waals surface area contributed by atoms with Gasteiger partial charge in [-0.15, -0.1) is 0 Å². The van der Waals surface area contributed by atoms with Crippen LogP contribution in [0.5, 0.6) is 0 Å². The minimum atomic E-state index is 0.153. The summed E-state index contributed by atoms with van der Waals surface area (Å²) in [6, 6.07) is 16.4. The van der Waals surface area contributed by atoms with Crippen molar-refractivity contribution in [3.63, 3.8) is 0 Å². The molecule has 2 aliphatic rings. The van der Waals surface area contributed by atoms with Crippen molar-refractivity contribution in [3.8, 4) is 0 Å². The molecule has 0 spiro atoms. The lowest BCUT2D eigenvalue weighted by Crippen LogP contribution is -2.22. The largest absolute Gasteiger partial charge is 0.462 e. The highest BCUT2D eigenvalue weighted by Gasteiger charge is 2.25. The van der Waals surface area contributed by atoms with E-state index >= 15 is 0 Å². The molecule has 0 bridgehead atoms. The number of amidine groups is 1. The summed E-state index contributed by atoms with van der Waals surface area (Å²) < 4.78 is 11.0. The summed E-state index contributed by atoms with van der Waals surface area (Å²) in [5.74, 6) is 1.96. The maximum Gasteiger partial charge on any atom is 0.229 e. The van der Waals surface area contributed by atoms with Crippen molar-refractivity contribution in [2.45, 2.75) is 12.8 Å². The van der Waals surface area contributed by atoms with Gasteiger partial charge in [0.05, 0.1) is 6.54 Å². The lowest BCUT2D eigenvalue weighted by molar-refractivity contribution is 0.0704. The summed E-state index contributed by atoms with van der Waals surface area (Å²) in [7, 11) is 0. The molecule has 0 aliphatic carbocycles. The van der Waals surface area contributed by atoms with Crippen molar-refractivity contribution in [2.75, 3.05) is 19.9 Å². The van der Waals surface area contributed by atoms with Gasteiger partial charge in [0.25, 0.3) is 0 Å². The molecule has 2 heterocycles. The Labute approximate surface area is 158 Å². The number of hydrogen-bond acceptors (Lipinski definition) is 4. The number of benzene rings is 2. The van der Waals surface area contributed by atoms with Crippen LogP contribution >= 0.6 is 11.6 Å². The van der Waals surface area contributed by atoms with Crippen LogP contribution in [0.2, 0.25) is 5.02 Å². The monoisotopic (exact) mass is 368 g/mol. The third-order valence-electron chi connectivity index (χ3n) is 4.72. The van der Waals surface area contributed by atoms with E-state index in [-0.39, 0.29) is 12.7 Å². The molecule has 0 saturated heterocycles. The third kappa shape index (κ3) is 3.70. The second kappa shape index (κ2) is 7.83. The van der Waals surface area contributed by atoms with Crippen molar-refractivity contribution in [1.82, 2.24) is 5.32 Å². The number of rotatable bonds is 6. The number of nitrogens with zero attached hydrogens (tertiary/aromatic N) is 1. The van der Waals surface area contributed by atoms with Gasteiger partial charge in [0.2, 0.25) is 6.79 Å². The number of nitrogens with one attached hydrogen (secondary N) is 1. The standard InChI is InChI=1S/C21H21ClN2O2/c22-19-8-4-7-17(21-23-9-10-24-21)18(19)12-16(20-13-25-14-26-20)11-15-5-2-1-3-6-15/h1-8,13,16H,9-12,14H2,(H,23,24). The highest BCUT2D eigenvalue weighted by Crippen LogP contribution is 2.30. The Balaban J connectivity index is 1.65. The second-order valence-corrected chi connectivity index (χ2v) is 6.87. The van der Waals surface area contributed by atoms with Crippen molar-refractivity contribution in [1.29, 1.82) is 0 Å². The third-order valence-corrected chi connectivity index (χ3v) is 5.07. The lowest BCUT2D eigenvalue weighted by Gasteiger charge is -2.20. The van der Waals surface area contributed by atoms with Gasteiger partial charge in [-0.2, -0.15) is 0 Å². The summed E-state index contributed by atoms with van der Waals surface area (Å²) >= 11 is 6.59. The van der Waals surface area contributed by atoms with E-state index in [1.807, 2.05) is 18.2 Å². The van der Waals surface area contributed by atoms with Crippen molar-refractivity contribution >= 4 is 17.4 Å². The van der Waals surface area contributed by atoms with Crippen LogP contribution in [0.1, 0.15) is 16.7 Å². The fraction of sp³-hybridized carbons (Fsp3) is 0.286. The summed E-state index contributed by atoms with van der Waals surface area (Å²) in [6.45, 7) is 1.96. The van der Waals surface area contributed by atoms with Gasteiger partial charge >= 0.3 is 0 Å². The van der Waals surface area contributed by atoms with E-state index in [0.717, 1.165) is 53.7 Å². The number of allylic oxidation sites excluding steroid dienone is 1. The van der Waals surface area contributed by atoms with Gasteiger partial charge in [-0.3, -0.25) is 4.99 Å². The maximum absolute atomic E-state index is 6.59. The normalized spacial score (nSPS) is 17.0. The Kier molecular flexibility index (Phi) is 5.12. The zero-order chi connectivity index (χ0) is 17.8. The van der Waals surface area contributed by atoms with E-state index < -0.39 is 0 Å². The van der Waals surface area contributed by atoms with Crippen LogP contribution < -0.4 is 5.32 Å². The molecule has 134 valence electrons. The van der Waals surface area contributed by atoms with Crippen LogP contribution in [0.25, 0.3) is 0 Å². The first-order chi connectivity index (χ1) is 12.8. The van der Waals surface area contributed by atoms with Gasteiger partial charge in [0.15, 0.2) is 0 Å². The number of halogens is 1. The number of ether oxygens (including phenoxy) is 2. The van der Waals surface area contributed by atoms with Crippen LogP contribution in [0.4, 0.5) is 0 Å². The van der Waals surface area contributed by atoms with Crippen LogP contribution in [0.3, 0.4) is 0 Å². The average Bonchev–Trinajstić information content (AvgIpc) is 3.37. The summed E-state index contributed by atoms with van der Waals surface area (Å²) in [4.78, 5) is 4.57. The van der Waals surface area contributed by atoms with Gasteiger partial charge in [-0.1, -0.05) is 54.1 Å². The predicted molar refractivity (Wildman–Crippen MR) is 103 cm³/mol. The first kappa shape index (κ1) is 17.0. The van der Waals surface area contributed by atoms with E-state index in [1.54, 1.807) is 6.26 Å².